The minimum atomic E-state index is -0.737. The van der Waals surface area contributed by atoms with Gasteiger partial charge in [0.25, 0.3) is 0 Å². The first-order valence-electron chi connectivity index (χ1n) is 8.71. The molecule has 5 nitrogen and oxygen atoms in total. The standard InChI is InChI=1S/C20H30O5/c1-13-12-14(2)20(15(3)16(4)21)25-18(22)11-9-7-6-8-10-17(24-5)19(13)23/h8-13,15,17,19-20,23H,6-7H2,1-5H3/t13-,15-,17+,19+,20+/m1/s1. The molecule has 25 heavy (non-hydrogen) atoms. The van der Waals surface area contributed by atoms with Crippen molar-refractivity contribution in [2.75, 3.05) is 7.11 Å². The first kappa shape index (κ1) is 21.3. The van der Waals surface area contributed by atoms with Crippen molar-refractivity contribution < 1.29 is 24.2 Å². The fraction of sp³-hybridized carbons (Fsp3) is 0.600. The van der Waals surface area contributed by atoms with Crippen molar-refractivity contribution in [1.82, 2.24) is 0 Å². The minimum absolute atomic E-state index is 0.0541. The molecule has 1 aliphatic heterocycles. The number of ketones is 1. The predicted octanol–water partition coefficient (Wildman–Crippen LogP) is 2.99. The molecule has 0 fully saturated rings. The molecule has 1 heterocycles. The van der Waals surface area contributed by atoms with Crippen LogP contribution in [0.1, 0.15) is 40.5 Å². The van der Waals surface area contributed by atoms with Crippen LogP contribution in [0.5, 0.6) is 0 Å². The maximum Gasteiger partial charge on any atom is 0.331 e. The molecule has 5 atom stereocenters. The Morgan fingerprint density at radius 1 is 1.36 bits per heavy atom. The molecule has 0 saturated carbocycles. The van der Waals surface area contributed by atoms with Crippen LogP contribution in [0.15, 0.2) is 36.0 Å². The van der Waals surface area contributed by atoms with Gasteiger partial charge in [0.1, 0.15) is 18.0 Å². The fourth-order valence-corrected chi connectivity index (χ4v) is 2.81. The van der Waals surface area contributed by atoms with Gasteiger partial charge in [-0.15, -0.1) is 0 Å². The lowest BCUT2D eigenvalue weighted by molar-refractivity contribution is -0.145. The van der Waals surface area contributed by atoms with Gasteiger partial charge in [0.2, 0.25) is 0 Å². The maximum atomic E-state index is 12.0. The van der Waals surface area contributed by atoms with Crippen LogP contribution in [-0.4, -0.2) is 42.3 Å². The van der Waals surface area contributed by atoms with Crippen LogP contribution in [-0.2, 0) is 19.1 Å². The average Bonchev–Trinajstić information content (AvgIpc) is 2.56. The third-order valence-electron chi connectivity index (χ3n) is 4.54. The van der Waals surface area contributed by atoms with E-state index < -0.39 is 30.2 Å². The largest absolute Gasteiger partial charge is 0.454 e. The first-order chi connectivity index (χ1) is 11.8. The number of ether oxygens (including phenoxy) is 2. The lowest BCUT2D eigenvalue weighted by Crippen LogP contribution is -2.33. The summed E-state index contributed by atoms with van der Waals surface area (Å²) in [4.78, 5) is 23.8. The van der Waals surface area contributed by atoms with Gasteiger partial charge in [-0.05, 0) is 32.3 Å². The number of hydrogen-bond donors (Lipinski definition) is 1. The number of allylic oxidation sites excluding steroid dienone is 2. The first-order valence-corrected chi connectivity index (χ1v) is 8.71. The predicted molar refractivity (Wildman–Crippen MR) is 97.0 cm³/mol. The van der Waals surface area contributed by atoms with Gasteiger partial charge < -0.3 is 14.6 Å². The number of hydrogen-bond acceptors (Lipinski definition) is 5. The van der Waals surface area contributed by atoms with E-state index in [2.05, 4.69) is 0 Å². The highest BCUT2D eigenvalue weighted by Crippen LogP contribution is 2.22. The van der Waals surface area contributed by atoms with Crippen molar-refractivity contribution in [3.63, 3.8) is 0 Å². The normalized spacial score (nSPS) is 30.2. The average molecular weight is 350 g/mol. The molecule has 0 aliphatic carbocycles. The zero-order chi connectivity index (χ0) is 19.0. The molecule has 140 valence electrons. The summed E-state index contributed by atoms with van der Waals surface area (Å²) in [5.74, 6) is -1.20. The molecule has 0 radical (unpaired) electrons. The lowest BCUT2D eigenvalue weighted by Gasteiger charge is -2.26. The van der Waals surface area contributed by atoms with Gasteiger partial charge in [-0.2, -0.15) is 0 Å². The quantitative estimate of drug-likeness (QED) is 0.626. The summed E-state index contributed by atoms with van der Waals surface area (Å²) < 4.78 is 10.9. The van der Waals surface area contributed by atoms with Gasteiger partial charge in [0.05, 0.1) is 12.0 Å². The van der Waals surface area contributed by atoms with E-state index in [1.807, 2.05) is 32.1 Å². The van der Waals surface area contributed by atoms with Crippen LogP contribution < -0.4 is 0 Å². The van der Waals surface area contributed by atoms with Crippen molar-refractivity contribution in [3.8, 4) is 0 Å². The van der Waals surface area contributed by atoms with Gasteiger partial charge in [0.15, 0.2) is 0 Å². The summed E-state index contributed by atoms with van der Waals surface area (Å²) >= 11 is 0. The molecule has 0 amide bonds. The summed E-state index contributed by atoms with van der Waals surface area (Å²) in [5, 5.41) is 10.5. The van der Waals surface area contributed by atoms with E-state index >= 15 is 0 Å². The number of methoxy groups -OCH3 is 1. The molecule has 1 aliphatic rings. The third-order valence-corrected chi connectivity index (χ3v) is 4.54. The Morgan fingerprint density at radius 3 is 2.60 bits per heavy atom. The highest BCUT2D eigenvalue weighted by atomic mass is 16.5. The number of carbonyl (C=O) groups is 2. The molecule has 0 aromatic carbocycles. The zero-order valence-corrected chi connectivity index (χ0v) is 15.8. The van der Waals surface area contributed by atoms with E-state index in [1.165, 1.54) is 13.0 Å². The number of Topliss-reactive ketones (excluding diaryl/α,β-unsaturated/α-hetero) is 1. The maximum absolute atomic E-state index is 12.0. The number of aliphatic hydroxyl groups excluding tert-OH is 1. The van der Waals surface area contributed by atoms with E-state index in [9.17, 15) is 14.7 Å². The second-order valence-electron chi connectivity index (χ2n) is 6.63. The number of carbonyl (C=O) groups excluding carboxylic acids is 2. The molecule has 1 rings (SSSR count). The number of aliphatic hydroxyl groups is 1. The van der Waals surface area contributed by atoms with E-state index in [4.69, 9.17) is 9.47 Å². The van der Waals surface area contributed by atoms with Crippen LogP contribution in [0.3, 0.4) is 0 Å². The van der Waals surface area contributed by atoms with Crippen LogP contribution >= 0.6 is 0 Å². The number of rotatable bonds is 3. The van der Waals surface area contributed by atoms with Crippen LogP contribution in [0.4, 0.5) is 0 Å². The summed E-state index contributed by atoms with van der Waals surface area (Å²) in [6, 6.07) is 0. The van der Waals surface area contributed by atoms with Gasteiger partial charge >= 0.3 is 5.97 Å². The van der Waals surface area contributed by atoms with Crippen molar-refractivity contribution in [2.45, 2.75) is 58.8 Å². The Morgan fingerprint density at radius 2 is 2.00 bits per heavy atom. The summed E-state index contributed by atoms with van der Waals surface area (Å²) in [6.07, 6.45) is 8.37. The van der Waals surface area contributed by atoms with E-state index in [0.717, 1.165) is 12.0 Å². The minimum Gasteiger partial charge on any atom is -0.454 e. The van der Waals surface area contributed by atoms with Crippen molar-refractivity contribution in [3.05, 3.63) is 36.0 Å². The van der Waals surface area contributed by atoms with Crippen molar-refractivity contribution >= 4 is 11.8 Å². The summed E-state index contributed by atoms with van der Waals surface area (Å²) in [5.41, 5.74) is 0.742. The van der Waals surface area contributed by atoms with E-state index in [0.29, 0.717) is 6.42 Å². The molecule has 0 aromatic rings. The molecule has 1 N–H and O–H groups in total. The second kappa shape index (κ2) is 10.3. The second-order valence-corrected chi connectivity index (χ2v) is 6.63. The van der Waals surface area contributed by atoms with Gasteiger partial charge in [-0.3, -0.25) is 4.79 Å². The SMILES string of the molecule is CO[C@H]1C=CCCC=CC(=O)O[C@H]([C@H](C)C(C)=O)C(C)=C[C@@H](C)[C@@H]1O. The third kappa shape index (κ3) is 6.59. The molecular formula is C20H30O5. The Labute approximate surface area is 150 Å². The zero-order valence-electron chi connectivity index (χ0n) is 15.8. The topological polar surface area (TPSA) is 72.8 Å². The molecule has 0 bridgehead atoms. The molecule has 5 heteroatoms. The lowest BCUT2D eigenvalue weighted by atomic mass is 9.90. The molecule has 0 spiro atoms. The molecular weight excluding hydrogens is 320 g/mol. The molecule has 0 saturated heterocycles. The van der Waals surface area contributed by atoms with Crippen molar-refractivity contribution in [2.24, 2.45) is 11.8 Å². The summed E-state index contributed by atoms with van der Waals surface area (Å²) in [7, 11) is 1.56. The van der Waals surface area contributed by atoms with Crippen molar-refractivity contribution in [1.29, 1.82) is 0 Å². The molecule has 0 unspecified atom stereocenters. The molecule has 0 aromatic heterocycles. The fourth-order valence-electron chi connectivity index (χ4n) is 2.81. The van der Waals surface area contributed by atoms with Crippen LogP contribution in [0, 0.1) is 11.8 Å². The van der Waals surface area contributed by atoms with Gasteiger partial charge in [0, 0.05) is 19.1 Å². The highest BCUT2D eigenvalue weighted by Gasteiger charge is 2.28. The van der Waals surface area contributed by atoms with Crippen LogP contribution in [0.25, 0.3) is 0 Å². The monoisotopic (exact) mass is 350 g/mol. The number of esters is 1. The number of cyclic esters (lactones) is 1. The summed E-state index contributed by atoms with van der Waals surface area (Å²) in [6.45, 7) is 6.91. The van der Waals surface area contributed by atoms with E-state index in [-0.39, 0.29) is 11.7 Å². The smallest absolute Gasteiger partial charge is 0.331 e. The van der Waals surface area contributed by atoms with Gasteiger partial charge in [-0.1, -0.05) is 38.2 Å². The Hall–Kier alpha value is -1.72. The Kier molecular flexibility index (Phi) is 8.79. The van der Waals surface area contributed by atoms with Crippen LogP contribution in [0.2, 0.25) is 0 Å². The van der Waals surface area contributed by atoms with Gasteiger partial charge in [-0.25, -0.2) is 4.79 Å². The Bertz CT molecular complexity index is 546. The Balaban J connectivity index is 3.19. The highest BCUT2D eigenvalue weighted by molar-refractivity contribution is 5.83. The van der Waals surface area contributed by atoms with E-state index in [1.54, 1.807) is 20.1 Å².